The Balaban J connectivity index is 2.36. The summed E-state index contributed by atoms with van der Waals surface area (Å²) in [4.78, 5) is 8.21. The van der Waals surface area contributed by atoms with Crippen molar-refractivity contribution in [1.82, 2.24) is 9.97 Å². The van der Waals surface area contributed by atoms with Crippen LogP contribution in [0.4, 0.5) is 0 Å². The average Bonchev–Trinajstić information content (AvgIpc) is 2.32. The highest BCUT2D eigenvalue weighted by Gasteiger charge is 2.08. The molecule has 0 spiro atoms. The molecule has 0 aliphatic rings. The summed E-state index contributed by atoms with van der Waals surface area (Å²) in [5.41, 5.74) is 3.40. The van der Waals surface area contributed by atoms with Gasteiger partial charge >= 0.3 is 6.01 Å². The fraction of sp³-hybridized carbons (Fsp3) is 0.231. The summed E-state index contributed by atoms with van der Waals surface area (Å²) in [6.07, 6.45) is 3.34. The van der Waals surface area contributed by atoms with Crippen LogP contribution >= 0.6 is 15.9 Å². The van der Waals surface area contributed by atoms with Gasteiger partial charge in [-0.25, -0.2) is 9.97 Å². The normalized spacial score (nSPS) is 10.4. The zero-order valence-electron chi connectivity index (χ0n) is 9.99. The third kappa shape index (κ3) is 2.64. The number of benzene rings is 1. The molecule has 0 fully saturated rings. The molecule has 0 atom stereocenters. The molecule has 1 heterocycles. The fourth-order valence-corrected chi connectivity index (χ4v) is 1.73. The Bertz CT molecular complexity index is 538. The van der Waals surface area contributed by atoms with Crippen molar-refractivity contribution in [2.45, 2.75) is 20.8 Å². The van der Waals surface area contributed by atoms with E-state index in [0.717, 1.165) is 21.3 Å². The van der Waals surface area contributed by atoms with Gasteiger partial charge in [0, 0.05) is 12.4 Å². The van der Waals surface area contributed by atoms with Crippen LogP contribution in [0.15, 0.2) is 29.0 Å². The SMILES string of the molecule is Cc1ccc(C)c(Oc2ncc(Br)cn2)c1C. The van der Waals surface area contributed by atoms with Crippen molar-refractivity contribution in [3.8, 4) is 11.8 Å². The third-order valence-corrected chi connectivity index (χ3v) is 3.07. The number of halogens is 1. The third-order valence-electron chi connectivity index (χ3n) is 2.66. The molecule has 4 heteroatoms. The molecule has 17 heavy (non-hydrogen) atoms. The summed E-state index contributed by atoms with van der Waals surface area (Å²) in [5, 5.41) is 0. The van der Waals surface area contributed by atoms with Crippen molar-refractivity contribution in [3.05, 3.63) is 45.7 Å². The molecule has 0 aliphatic carbocycles. The number of nitrogens with zero attached hydrogens (tertiary/aromatic N) is 2. The van der Waals surface area contributed by atoms with E-state index in [9.17, 15) is 0 Å². The smallest absolute Gasteiger partial charge is 0.321 e. The summed E-state index contributed by atoms with van der Waals surface area (Å²) in [7, 11) is 0. The minimum Gasteiger partial charge on any atom is -0.424 e. The molecule has 0 unspecified atom stereocenters. The molecular weight excluding hydrogens is 280 g/mol. The first-order valence-electron chi connectivity index (χ1n) is 5.30. The number of aryl methyl sites for hydroxylation is 2. The number of hydrogen-bond donors (Lipinski definition) is 0. The molecule has 3 nitrogen and oxygen atoms in total. The molecule has 0 bridgehead atoms. The molecule has 0 aliphatic heterocycles. The van der Waals surface area contributed by atoms with Gasteiger partial charge in [0.2, 0.25) is 0 Å². The van der Waals surface area contributed by atoms with Gasteiger partial charge in [-0.1, -0.05) is 12.1 Å². The Morgan fingerprint density at radius 2 is 1.59 bits per heavy atom. The van der Waals surface area contributed by atoms with Crippen LogP contribution in [0.5, 0.6) is 11.8 Å². The van der Waals surface area contributed by atoms with Crippen LogP contribution in [0.1, 0.15) is 16.7 Å². The Morgan fingerprint density at radius 1 is 1.00 bits per heavy atom. The number of ether oxygens (including phenoxy) is 1. The Kier molecular flexibility index (Phi) is 3.43. The minimum atomic E-state index is 0.366. The second kappa shape index (κ2) is 4.84. The monoisotopic (exact) mass is 292 g/mol. The van der Waals surface area contributed by atoms with Gasteiger partial charge in [-0.3, -0.25) is 0 Å². The molecule has 0 radical (unpaired) electrons. The van der Waals surface area contributed by atoms with Crippen molar-refractivity contribution in [2.24, 2.45) is 0 Å². The largest absolute Gasteiger partial charge is 0.424 e. The molecule has 2 rings (SSSR count). The van der Waals surface area contributed by atoms with Gasteiger partial charge in [0.05, 0.1) is 4.47 Å². The summed E-state index contributed by atoms with van der Waals surface area (Å²) in [5.74, 6) is 0.840. The first kappa shape index (κ1) is 12.0. The summed E-state index contributed by atoms with van der Waals surface area (Å²) in [6.45, 7) is 6.11. The van der Waals surface area contributed by atoms with Crippen molar-refractivity contribution in [1.29, 1.82) is 0 Å². The van der Waals surface area contributed by atoms with Crippen molar-refractivity contribution in [3.63, 3.8) is 0 Å². The quantitative estimate of drug-likeness (QED) is 0.840. The van der Waals surface area contributed by atoms with Gasteiger partial charge < -0.3 is 4.74 Å². The van der Waals surface area contributed by atoms with E-state index in [0.29, 0.717) is 6.01 Å². The van der Waals surface area contributed by atoms with Gasteiger partial charge in [-0.15, -0.1) is 0 Å². The zero-order chi connectivity index (χ0) is 12.4. The molecule has 0 amide bonds. The molecule has 0 saturated carbocycles. The van der Waals surface area contributed by atoms with Crippen LogP contribution in [0.25, 0.3) is 0 Å². The lowest BCUT2D eigenvalue weighted by molar-refractivity contribution is 0.434. The standard InChI is InChI=1S/C13H13BrN2O/c1-8-4-5-9(2)12(10(8)3)17-13-15-6-11(14)7-16-13/h4-7H,1-3H3. The molecule has 1 aromatic heterocycles. The van der Waals surface area contributed by atoms with Crippen molar-refractivity contribution in [2.75, 3.05) is 0 Å². The van der Waals surface area contributed by atoms with Crippen LogP contribution < -0.4 is 4.74 Å². The summed E-state index contributed by atoms with van der Waals surface area (Å²) < 4.78 is 6.57. The van der Waals surface area contributed by atoms with Crippen LogP contribution in [0.3, 0.4) is 0 Å². The highest BCUT2D eigenvalue weighted by atomic mass is 79.9. The van der Waals surface area contributed by atoms with Crippen molar-refractivity contribution >= 4 is 15.9 Å². The molecule has 88 valence electrons. The lowest BCUT2D eigenvalue weighted by Gasteiger charge is -2.11. The van der Waals surface area contributed by atoms with Crippen LogP contribution in [-0.2, 0) is 0 Å². The highest BCUT2D eigenvalue weighted by Crippen LogP contribution is 2.28. The van der Waals surface area contributed by atoms with Gasteiger partial charge in [-0.05, 0) is 53.4 Å². The summed E-state index contributed by atoms with van der Waals surface area (Å²) >= 11 is 3.29. The van der Waals surface area contributed by atoms with E-state index in [1.807, 2.05) is 19.9 Å². The van der Waals surface area contributed by atoms with Crippen LogP contribution in [-0.4, -0.2) is 9.97 Å². The first-order chi connectivity index (χ1) is 8.08. The second-order valence-electron chi connectivity index (χ2n) is 3.94. The molecular formula is C13H13BrN2O. The topological polar surface area (TPSA) is 35.0 Å². The van der Waals surface area contributed by atoms with E-state index in [1.54, 1.807) is 12.4 Å². The Hall–Kier alpha value is -1.42. The molecule has 0 saturated heterocycles. The predicted octanol–water partition coefficient (Wildman–Crippen LogP) is 3.96. The Labute approximate surface area is 109 Å². The number of aromatic nitrogens is 2. The van der Waals surface area contributed by atoms with E-state index in [-0.39, 0.29) is 0 Å². The maximum Gasteiger partial charge on any atom is 0.321 e. The van der Waals surface area contributed by atoms with Crippen molar-refractivity contribution < 1.29 is 4.74 Å². The maximum absolute atomic E-state index is 5.73. The number of hydrogen-bond acceptors (Lipinski definition) is 3. The molecule has 0 N–H and O–H groups in total. The van der Waals surface area contributed by atoms with Gasteiger partial charge in [-0.2, -0.15) is 0 Å². The zero-order valence-corrected chi connectivity index (χ0v) is 11.6. The lowest BCUT2D eigenvalue weighted by Crippen LogP contribution is -1.96. The van der Waals surface area contributed by atoms with Gasteiger partial charge in [0.25, 0.3) is 0 Å². The highest BCUT2D eigenvalue weighted by molar-refractivity contribution is 9.10. The maximum atomic E-state index is 5.73. The molecule has 1 aromatic carbocycles. The second-order valence-corrected chi connectivity index (χ2v) is 4.86. The Morgan fingerprint density at radius 3 is 2.24 bits per heavy atom. The summed E-state index contributed by atoms with van der Waals surface area (Å²) in [6, 6.07) is 4.49. The number of rotatable bonds is 2. The van der Waals surface area contributed by atoms with Crippen LogP contribution in [0.2, 0.25) is 0 Å². The van der Waals surface area contributed by atoms with E-state index in [2.05, 4.69) is 38.9 Å². The fourth-order valence-electron chi connectivity index (χ4n) is 1.53. The van der Waals surface area contributed by atoms with Gasteiger partial charge in [0.15, 0.2) is 0 Å². The minimum absolute atomic E-state index is 0.366. The van der Waals surface area contributed by atoms with E-state index >= 15 is 0 Å². The average molecular weight is 293 g/mol. The molecule has 2 aromatic rings. The van der Waals surface area contributed by atoms with E-state index in [1.165, 1.54) is 5.56 Å². The van der Waals surface area contributed by atoms with E-state index in [4.69, 9.17) is 4.74 Å². The lowest BCUT2D eigenvalue weighted by atomic mass is 10.1. The van der Waals surface area contributed by atoms with Gasteiger partial charge in [0.1, 0.15) is 5.75 Å². The first-order valence-corrected chi connectivity index (χ1v) is 6.09. The van der Waals surface area contributed by atoms with Crippen LogP contribution in [0, 0.1) is 20.8 Å². The van der Waals surface area contributed by atoms with E-state index < -0.39 is 0 Å². The predicted molar refractivity (Wildman–Crippen MR) is 70.5 cm³/mol.